The van der Waals surface area contributed by atoms with E-state index >= 15 is 0 Å². The Morgan fingerprint density at radius 1 is 1.00 bits per heavy atom. The van der Waals surface area contributed by atoms with Gasteiger partial charge in [0, 0.05) is 36.6 Å². The first-order valence-corrected chi connectivity index (χ1v) is 8.90. The van der Waals surface area contributed by atoms with Crippen molar-refractivity contribution in [1.29, 1.82) is 0 Å². The molecule has 6 heteroatoms. The van der Waals surface area contributed by atoms with Gasteiger partial charge in [0.1, 0.15) is 0 Å². The summed E-state index contributed by atoms with van der Waals surface area (Å²) in [7, 11) is 0. The van der Waals surface area contributed by atoms with Gasteiger partial charge in [-0.1, -0.05) is 30.3 Å². The van der Waals surface area contributed by atoms with E-state index in [1.165, 1.54) is 0 Å². The van der Waals surface area contributed by atoms with E-state index < -0.39 is 0 Å². The Morgan fingerprint density at radius 3 is 2.50 bits per heavy atom. The zero-order chi connectivity index (χ0) is 17.9. The van der Waals surface area contributed by atoms with Gasteiger partial charge < -0.3 is 4.90 Å². The number of hydrogen-bond acceptors (Lipinski definition) is 5. The van der Waals surface area contributed by atoms with Crippen molar-refractivity contribution in [2.45, 2.75) is 25.8 Å². The Labute approximate surface area is 152 Å². The first-order valence-electron chi connectivity index (χ1n) is 8.90. The normalized spacial score (nSPS) is 15.2. The van der Waals surface area contributed by atoms with Crippen molar-refractivity contribution < 1.29 is 0 Å². The summed E-state index contributed by atoms with van der Waals surface area (Å²) in [5, 5.41) is 4.63. The number of benzene rings is 1. The molecule has 2 aromatic heterocycles. The van der Waals surface area contributed by atoms with Gasteiger partial charge in [-0.25, -0.2) is 14.6 Å². The van der Waals surface area contributed by atoms with Gasteiger partial charge in [0.15, 0.2) is 0 Å². The van der Waals surface area contributed by atoms with E-state index in [9.17, 15) is 4.79 Å². The second-order valence-corrected chi connectivity index (χ2v) is 6.58. The minimum absolute atomic E-state index is 0.0464. The fourth-order valence-electron chi connectivity index (χ4n) is 3.35. The first-order chi connectivity index (χ1) is 12.7. The van der Waals surface area contributed by atoms with E-state index in [-0.39, 0.29) is 11.6 Å². The number of piperidine rings is 1. The number of rotatable bonds is 3. The molecule has 26 heavy (non-hydrogen) atoms. The van der Waals surface area contributed by atoms with Crippen LogP contribution in [0.5, 0.6) is 0 Å². The van der Waals surface area contributed by atoms with Crippen LogP contribution in [-0.2, 0) is 0 Å². The van der Waals surface area contributed by atoms with Crippen LogP contribution in [-0.4, -0.2) is 32.8 Å². The summed E-state index contributed by atoms with van der Waals surface area (Å²) in [6.07, 6.45) is 3.49. The minimum atomic E-state index is -0.0464. The lowest BCUT2D eigenvalue weighted by molar-refractivity contribution is 0.352. The molecule has 3 heterocycles. The summed E-state index contributed by atoms with van der Waals surface area (Å²) in [6.45, 7) is 3.60. The Bertz CT molecular complexity index is 946. The maximum Gasteiger partial charge on any atom is 0.267 e. The summed E-state index contributed by atoms with van der Waals surface area (Å²) in [5.74, 6) is 0.766. The molecule has 1 saturated heterocycles. The van der Waals surface area contributed by atoms with Crippen molar-refractivity contribution in [2.75, 3.05) is 18.0 Å². The molecule has 3 aromatic rings. The van der Waals surface area contributed by atoms with Crippen molar-refractivity contribution in [2.24, 2.45) is 0 Å². The maximum absolute atomic E-state index is 12.4. The highest BCUT2D eigenvalue weighted by molar-refractivity contribution is 5.57. The predicted molar refractivity (Wildman–Crippen MR) is 101 cm³/mol. The molecule has 0 unspecified atom stereocenters. The first kappa shape index (κ1) is 16.4. The van der Waals surface area contributed by atoms with E-state index in [0.717, 1.165) is 48.8 Å². The quantitative estimate of drug-likeness (QED) is 0.729. The lowest BCUT2D eigenvalue weighted by Crippen LogP contribution is -2.39. The molecule has 0 radical (unpaired) electrons. The lowest BCUT2D eigenvalue weighted by Gasteiger charge is -2.32. The average molecular weight is 347 g/mol. The van der Waals surface area contributed by atoms with Gasteiger partial charge >= 0.3 is 0 Å². The third kappa shape index (κ3) is 3.35. The van der Waals surface area contributed by atoms with Crippen LogP contribution < -0.4 is 10.5 Å². The number of aromatic nitrogens is 4. The van der Waals surface area contributed by atoms with Gasteiger partial charge in [0.05, 0.1) is 11.7 Å². The zero-order valence-corrected chi connectivity index (χ0v) is 14.7. The van der Waals surface area contributed by atoms with E-state index in [4.69, 9.17) is 0 Å². The Balaban J connectivity index is 1.53. The molecular formula is C20H21N5O. The molecule has 0 bridgehead atoms. The van der Waals surface area contributed by atoms with Gasteiger partial charge in [-0.2, -0.15) is 5.10 Å². The molecule has 132 valence electrons. The molecule has 0 spiro atoms. The van der Waals surface area contributed by atoms with E-state index in [1.807, 2.05) is 43.3 Å². The highest BCUT2D eigenvalue weighted by Gasteiger charge is 2.23. The van der Waals surface area contributed by atoms with Crippen LogP contribution in [0.3, 0.4) is 0 Å². The van der Waals surface area contributed by atoms with Gasteiger partial charge in [-0.3, -0.25) is 4.79 Å². The van der Waals surface area contributed by atoms with Crippen LogP contribution in [0, 0.1) is 6.92 Å². The van der Waals surface area contributed by atoms with Crippen molar-refractivity contribution >= 4 is 5.95 Å². The predicted octanol–water partition coefficient (Wildman–Crippen LogP) is 2.85. The molecule has 1 fully saturated rings. The van der Waals surface area contributed by atoms with E-state index in [0.29, 0.717) is 0 Å². The van der Waals surface area contributed by atoms with Crippen LogP contribution in [0.4, 0.5) is 5.95 Å². The summed E-state index contributed by atoms with van der Waals surface area (Å²) >= 11 is 0. The average Bonchev–Trinajstić information content (AvgIpc) is 2.69. The molecule has 0 amide bonds. The monoisotopic (exact) mass is 347 g/mol. The third-order valence-electron chi connectivity index (χ3n) is 4.77. The lowest BCUT2D eigenvalue weighted by atomic mass is 10.1. The van der Waals surface area contributed by atoms with Crippen LogP contribution in [0.1, 0.15) is 24.6 Å². The minimum Gasteiger partial charge on any atom is -0.341 e. The van der Waals surface area contributed by atoms with Gasteiger partial charge in [-0.05, 0) is 31.9 Å². The Hall–Kier alpha value is -3.02. The third-order valence-corrected chi connectivity index (χ3v) is 4.77. The Kier molecular flexibility index (Phi) is 4.48. The van der Waals surface area contributed by atoms with Gasteiger partial charge in [0.2, 0.25) is 5.95 Å². The molecule has 1 aliphatic heterocycles. The number of nitrogens with zero attached hydrogens (tertiary/aromatic N) is 5. The largest absolute Gasteiger partial charge is 0.341 e. The highest BCUT2D eigenvalue weighted by Crippen LogP contribution is 2.24. The molecule has 1 aromatic carbocycles. The van der Waals surface area contributed by atoms with Crippen LogP contribution in [0.25, 0.3) is 11.3 Å². The van der Waals surface area contributed by atoms with Crippen molar-refractivity contribution in [3.63, 3.8) is 0 Å². The number of hydrogen-bond donors (Lipinski definition) is 0. The fraction of sp³-hybridized carbons (Fsp3) is 0.300. The van der Waals surface area contributed by atoms with Gasteiger partial charge in [-0.15, -0.1) is 0 Å². The van der Waals surface area contributed by atoms with E-state index in [1.54, 1.807) is 23.0 Å². The molecule has 6 nitrogen and oxygen atoms in total. The highest BCUT2D eigenvalue weighted by atomic mass is 16.1. The summed E-state index contributed by atoms with van der Waals surface area (Å²) < 4.78 is 1.65. The summed E-state index contributed by atoms with van der Waals surface area (Å²) in [4.78, 5) is 23.4. The fourth-order valence-corrected chi connectivity index (χ4v) is 3.35. The van der Waals surface area contributed by atoms with E-state index in [2.05, 4.69) is 20.0 Å². The van der Waals surface area contributed by atoms with Crippen molar-refractivity contribution in [3.05, 3.63) is 70.8 Å². The standard InChI is InChI=1S/C20H21N5O/c1-15-9-12-21-20(22-15)24-13-10-17(11-14-24)25-19(26)8-7-18(23-25)16-5-3-2-4-6-16/h2-9,12,17H,10-11,13-14H2,1H3. The second kappa shape index (κ2) is 7.07. The number of aryl methyl sites for hydroxylation is 1. The van der Waals surface area contributed by atoms with Crippen LogP contribution in [0.2, 0.25) is 0 Å². The smallest absolute Gasteiger partial charge is 0.267 e. The summed E-state index contributed by atoms with van der Waals surface area (Å²) in [5.41, 5.74) is 2.77. The summed E-state index contributed by atoms with van der Waals surface area (Å²) in [6, 6.07) is 15.4. The second-order valence-electron chi connectivity index (χ2n) is 6.58. The molecule has 0 N–H and O–H groups in total. The van der Waals surface area contributed by atoms with Crippen LogP contribution in [0.15, 0.2) is 59.5 Å². The molecule has 0 aliphatic carbocycles. The van der Waals surface area contributed by atoms with Crippen molar-refractivity contribution in [3.8, 4) is 11.3 Å². The molecular weight excluding hydrogens is 326 g/mol. The van der Waals surface area contributed by atoms with Crippen LogP contribution >= 0.6 is 0 Å². The maximum atomic E-state index is 12.4. The zero-order valence-electron chi connectivity index (χ0n) is 14.7. The molecule has 0 atom stereocenters. The topological polar surface area (TPSA) is 63.9 Å². The number of anilines is 1. The van der Waals surface area contributed by atoms with Gasteiger partial charge in [0.25, 0.3) is 5.56 Å². The van der Waals surface area contributed by atoms with Crippen molar-refractivity contribution in [1.82, 2.24) is 19.7 Å². The molecule has 1 aliphatic rings. The SMILES string of the molecule is Cc1ccnc(N2CCC(n3nc(-c4ccccc4)ccc3=O)CC2)n1. The molecule has 4 rings (SSSR count). The Morgan fingerprint density at radius 2 is 1.77 bits per heavy atom. The molecule has 0 saturated carbocycles.